The van der Waals surface area contributed by atoms with Crippen LogP contribution in [0.1, 0.15) is 28.7 Å². The first kappa shape index (κ1) is 21.5. The molecule has 168 valence electrons. The molecule has 1 heterocycles. The summed E-state index contributed by atoms with van der Waals surface area (Å²) in [6, 6.07) is 7.61. The van der Waals surface area contributed by atoms with Gasteiger partial charge in [0, 0.05) is 38.1 Å². The summed E-state index contributed by atoms with van der Waals surface area (Å²) in [6.45, 7) is -0.129. The van der Waals surface area contributed by atoms with Crippen molar-refractivity contribution in [2.75, 3.05) is 48.4 Å². The van der Waals surface area contributed by atoms with Crippen LogP contribution in [0.3, 0.4) is 0 Å². The van der Waals surface area contributed by atoms with Crippen LogP contribution < -0.4 is 23.7 Å². The van der Waals surface area contributed by atoms with Gasteiger partial charge in [-0.1, -0.05) is 0 Å². The zero-order valence-corrected chi connectivity index (χ0v) is 18.1. The fourth-order valence-corrected chi connectivity index (χ4v) is 4.90. The van der Waals surface area contributed by atoms with Crippen molar-refractivity contribution in [1.82, 2.24) is 0 Å². The zero-order chi connectivity index (χ0) is 22.1. The van der Waals surface area contributed by atoms with E-state index in [1.54, 1.807) is 28.4 Å². The summed E-state index contributed by atoms with van der Waals surface area (Å²) < 4.78 is 33.6. The standard InChI is InChI=1S/C23H28O8/c1-26-19-5-12(6-20(27-2)23(19)29-4)21-13-7-17-18(31-11-30-17)8-14(13)22(28-3)16(10-25)15(21)9-24/h5-8,15-16,21-22,24-25H,9-11H2,1-4H3/t15-,16+,21-,22-/m1/s1. The van der Waals surface area contributed by atoms with Gasteiger partial charge in [0.25, 0.3) is 0 Å². The molecule has 1 aliphatic heterocycles. The summed E-state index contributed by atoms with van der Waals surface area (Å²) in [7, 11) is 6.29. The van der Waals surface area contributed by atoms with Gasteiger partial charge in [-0.25, -0.2) is 0 Å². The van der Waals surface area contributed by atoms with Crippen molar-refractivity contribution in [3.8, 4) is 28.7 Å². The number of aliphatic hydroxyl groups excluding tert-OH is 2. The quantitative estimate of drug-likeness (QED) is 0.689. The average molecular weight is 432 g/mol. The molecule has 0 unspecified atom stereocenters. The summed E-state index contributed by atoms with van der Waals surface area (Å²) >= 11 is 0. The summed E-state index contributed by atoms with van der Waals surface area (Å²) in [5.41, 5.74) is 2.70. The molecule has 0 fully saturated rings. The summed E-state index contributed by atoms with van der Waals surface area (Å²) in [4.78, 5) is 0. The molecular formula is C23H28O8. The average Bonchev–Trinajstić information content (AvgIpc) is 3.27. The Morgan fingerprint density at radius 1 is 0.806 bits per heavy atom. The Morgan fingerprint density at radius 2 is 1.39 bits per heavy atom. The van der Waals surface area contributed by atoms with E-state index < -0.39 is 6.10 Å². The van der Waals surface area contributed by atoms with Gasteiger partial charge in [-0.2, -0.15) is 0 Å². The Morgan fingerprint density at radius 3 is 1.87 bits per heavy atom. The highest BCUT2D eigenvalue weighted by molar-refractivity contribution is 5.59. The van der Waals surface area contributed by atoms with E-state index >= 15 is 0 Å². The van der Waals surface area contributed by atoms with Crippen LogP contribution in [0.15, 0.2) is 24.3 Å². The number of hydrogen-bond donors (Lipinski definition) is 2. The fourth-order valence-electron chi connectivity index (χ4n) is 4.90. The van der Waals surface area contributed by atoms with Crippen LogP contribution in [-0.2, 0) is 4.74 Å². The van der Waals surface area contributed by atoms with E-state index in [-0.39, 0.29) is 37.8 Å². The Kier molecular flexibility index (Phi) is 6.13. The van der Waals surface area contributed by atoms with E-state index in [4.69, 9.17) is 28.4 Å². The first-order valence-corrected chi connectivity index (χ1v) is 10.1. The Balaban J connectivity index is 1.96. The molecule has 0 saturated heterocycles. The first-order valence-electron chi connectivity index (χ1n) is 10.1. The fraction of sp³-hybridized carbons (Fsp3) is 0.478. The molecule has 2 aliphatic rings. The lowest BCUT2D eigenvalue weighted by Gasteiger charge is -2.43. The smallest absolute Gasteiger partial charge is 0.231 e. The molecular weight excluding hydrogens is 404 g/mol. The van der Waals surface area contributed by atoms with Crippen molar-refractivity contribution in [3.05, 3.63) is 41.0 Å². The molecule has 8 nitrogen and oxygen atoms in total. The number of hydrogen-bond acceptors (Lipinski definition) is 8. The molecule has 2 aromatic carbocycles. The van der Waals surface area contributed by atoms with Gasteiger partial charge in [0.1, 0.15) is 0 Å². The predicted molar refractivity (Wildman–Crippen MR) is 111 cm³/mol. The Hall–Kier alpha value is -2.68. The summed E-state index contributed by atoms with van der Waals surface area (Å²) in [6.07, 6.45) is -0.398. The van der Waals surface area contributed by atoms with E-state index in [9.17, 15) is 10.2 Å². The lowest BCUT2D eigenvalue weighted by atomic mass is 9.65. The van der Waals surface area contributed by atoms with Gasteiger partial charge in [0.15, 0.2) is 23.0 Å². The van der Waals surface area contributed by atoms with Crippen molar-refractivity contribution in [3.63, 3.8) is 0 Å². The molecule has 1 aliphatic carbocycles. The largest absolute Gasteiger partial charge is 0.493 e. The normalized spacial score (nSPS) is 23.9. The number of ether oxygens (including phenoxy) is 6. The molecule has 4 atom stereocenters. The number of fused-ring (bicyclic) bond motifs is 2. The maximum absolute atomic E-state index is 10.4. The highest BCUT2D eigenvalue weighted by Crippen LogP contribution is 2.54. The monoisotopic (exact) mass is 432 g/mol. The molecule has 0 spiro atoms. The predicted octanol–water partition coefficient (Wildman–Crippen LogP) is 2.49. The van der Waals surface area contributed by atoms with Crippen molar-refractivity contribution in [2.45, 2.75) is 12.0 Å². The van der Waals surface area contributed by atoms with Crippen molar-refractivity contribution >= 4 is 0 Å². The maximum atomic E-state index is 10.4. The van der Waals surface area contributed by atoms with Gasteiger partial charge in [-0.05, 0) is 41.0 Å². The second-order valence-corrected chi connectivity index (χ2v) is 7.62. The van der Waals surface area contributed by atoms with Crippen LogP contribution in [0.2, 0.25) is 0 Å². The Labute approximate surface area is 181 Å². The van der Waals surface area contributed by atoms with Crippen molar-refractivity contribution in [1.29, 1.82) is 0 Å². The van der Waals surface area contributed by atoms with Crippen LogP contribution in [-0.4, -0.2) is 58.7 Å². The highest BCUT2D eigenvalue weighted by Gasteiger charge is 2.44. The van der Waals surface area contributed by atoms with Crippen LogP contribution in [0.25, 0.3) is 0 Å². The van der Waals surface area contributed by atoms with Crippen molar-refractivity contribution in [2.24, 2.45) is 11.8 Å². The molecule has 0 saturated carbocycles. The molecule has 0 radical (unpaired) electrons. The maximum Gasteiger partial charge on any atom is 0.231 e. The summed E-state index contributed by atoms with van der Waals surface area (Å²) in [5, 5.41) is 20.6. The van der Waals surface area contributed by atoms with E-state index in [2.05, 4.69) is 0 Å². The number of aliphatic hydroxyl groups is 2. The highest BCUT2D eigenvalue weighted by atomic mass is 16.7. The van der Waals surface area contributed by atoms with Crippen molar-refractivity contribution < 1.29 is 38.6 Å². The minimum atomic E-state index is -0.398. The SMILES string of the molecule is COc1cc([C@@H]2c3cc4c(cc3[C@@H](OC)[C@@H](CO)[C@H]2CO)OCO4)cc(OC)c1OC. The molecule has 0 aromatic heterocycles. The molecule has 8 heteroatoms. The molecule has 4 rings (SSSR count). The lowest BCUT2D eigenvalue weighted by molar-refractivity contribution is -0.0300. The van der Waals surface area contributed by atoms with Gasteiger partial charge in [0.05, 0.1) is 27.4 Å². The number of benzene rings is 2. The van der Waals surface area contributed by atoms with E-state index in [0.29, 0.717) is 28.7 Å². The van der Waals surface area contributed by atoms with Crippen LogP contribution in [0, 0.1) is 11.8 Å². The minimum Gasteiger partial charge on any atom is -0.493 e. The second-order valence-electron chi connectivity index (χ2n) is 7.62. The van der Waals surface area contributed by atoms with E-state index in [1.165, 1.54) is 0 Å². The van der Waals surface area contributed by atoms with Gasteiger partial charge in [-0.3, -0.25) is 0 Å². The van der Waals surface area contributed by atoms with Gasteiger partial charge in [-0.15, -0.1) is 0 Å². The third kappa shape index (κ3) is 3.44. The third-order valence-corrected chi connectivity index (χ3v) is 6.31. The lowest BCUT2D eigenvalue weighted by Crippen LogP contribution is -2.38. The summed E-state index contributed by atoms with van der Waals surface area (Å²) in [5.74, 6) is 1.90. The molecule has 0 amide bonds. The van der Waals surface area contributed by atoms with Crippen LogP contribution in [0.4, 0.5) is 0 Å². The molecule has 0 bridgehead atoms. The molecule has 2 N–H and O–H groups in total. The zero-order valence-electron chi connectivity index (χ0n) is 18.1. The van der Waals surface area contributed by atoms with Crippen LogP contribution in [0.5, 0.6) is 28.7 Å². The number of rotatable bonds is 7. The number of methoxy groups -OCH3 is 4. The minimum absolute atomic E-state index is 0.139. The van der Waals surface area contributed by atoms with Crippen LogP contribution >= 0.6 is 0 Å². The van der Waals surface area contributed by atoms with E-state index in [0.717, 1.165) is 16.7 Å². The van der Waals surface area contributed by atoms with E-state index in [1.807, 2.05) is 24.3 Å². The third-order valence-electron chi connectivity index (χ3n) is 6.31. The molecule has 2 aromatic rings. The molecule has 31 heavy (non-hydrogen) atoms. The van der Waals surface area contributed by atoms with Gasteiger partial charge < -0.3 is 38.6 Å². The topological polar surface area (TPSA) is 95.8 Å². The first-order chi connectivity index (χ1) is 15.1. The van der Waals surface area contributed by atoms with Gasteiger partial charge in [0.2, 0.25) is 12.5 Å². The second kappa shape index (κ2) is 8.82. The Bertz CT molecular complexity index is 918. The van der Waals surface area contributed by atoms with Gasteiger partial charge >= 0.3 is 0 Å².